The summed E-state index contributed by atoms with van der Waals surface area (Å²) in [5, 5.41) is 20.2. The van der Waals surface area contributed by atoms with Crippen LogP contribution >= 0.6 is 45.9 Å². The molecule has 0 aliphatic carbocycles. The first kappa shape index (κ1) is 25.2. The molecule has 2 aromatic heterocycles. The van der Waals surface area contributed by atoms with Crippen LogP contribution in [-0.4, -0.2) is 29.2 Å². The SMILES string of the molecule is CCCCCNC(=O)c1ccc(C(=O)NN=C(C)c2csc(-c3ccc(Cl)c(Cl)c3)c2O)s1. The number of unbranched alkanes of at least 4 members (excludes halogenated alkanes) is 2. The molecule has 2 heterocycles. The van der Waals surface area contributed by atoms with Gasteiger partial charge in [0, 0.05) is 11.9 Å². The molecule has 0 aliphatic rings. The molecular weight excluding hydrogens is 501 g/mol. The third-order valence-corrected chi connectivity index (χ3v) is 7.62. The Balaban J connectivity index is 1.65. The maximum Gasteiger partial charge on any atom is 0.281 e. The van der Waals surface area contributed by atoms with Crippen LogP contribution in [0.1, 0.15) is 58.0 Å². The lowest BCUT2D eigenvalue weighted by atomic mass is 10.1. The molecule has 0 spiro atoms. The molecule has 3 aromatic rings. The van der Waals surface area contributed by atoms with Gasteiger partial charge in [-0.15, -0.1) is 22.7 Å². The Kier molecular flexibility index (Phi) is 8.91. The zero-order valence-electron chi connectivity index (χ0n) is 18.1. The highest BCUT2D eigenvalue weighted by Gasteiger charge is 2.17. The second-order valence-electron chi connectivity index (χ2n) is 7.22. The Labute approximate surface area is 210 Å². The Hall–Kier alpha value is -2.39. The number of hydrazone groups is 1. The quantitative estimate of drug-likeness (QED) is 0.168. The van der Waals surface area contributed by atoms with Crippen molar-refractivity contribution in [2.45, 2.75) is 33.1 Å². The molecule has 2 amide bonds. The van der Waals surface area contributed by atoms with Gasteiger partial charge in [-0.2, -0.15) is 5.10 Å². The van der Waals surface area contributed by atoms with Gasteiger partial charge in [0.05, 0.1) is 36.0 Å². The number of benzene rings is 1. The van der Waals surface area contributed by atoms with Gasteiger partial charge in [0.2, 0.25) is 0 Å². The number of aromatic hydroxyl groups is 1. The van der Waals surface area contributed by atoms with E-state index in [9.17, 15) is 14.7 Å². The molecule has 0 bridgehead atoms. The third kappa shape index (κ3) is 6.35. The summed E-state index contributed by atoms with van der Waals surface area (Å²) >= 11 is 14.5. The molecule has 6 nitrogen and oxygen atoms in total. The summed E-state index contributed by atoms with van der Waals surface area (Å²) < 4.78 is 0. The van der Waals surface area contributed by atoms with Crippen molar-refractivity contribution in [3.8, 4) is 16.2 Å². The predicted molar refractivity (Wildman–Crippen MR) is 137 cm³/mol. The van der Waals surface area contributed by atoms with E-state index >= 15 is 0 Å². The third-order valence-electron chi connectivity index (χ3n) is 4.78. The maximum absolute atomic E-state index is 12.5. The highest BCUT2D eigenvalue weighted by molar-refractivity contribution is 7.16. The van der Waals surface area contributed by atoms with Gasteiger partial charge in [-0.05, 0) is 43.2 Å². The average molecular weight is 524 g/mol. The van der Waals surface area contributed by atoms with Gasteiger partial charge in [0.15, 0.2) is 0 Å². The standard InChI is InChI=1S/C23H23Cl2N3O3S2/c1-3-4-5-10-26-22(30)18-8-9-19(33-18)23(31)28-27-13(2)15-12-32-21(20(15)29)14-6-7-16(24)17(25)11-14/h6-9,11-12,29H,3-5,10H2,1-2H3,(H,26,30)(H,28,31). The van der Waals surface area contributed by atoms with Crippen molar-refractivity contribution in [3.63, 3.8) is 0 Å². The molecule has 3 N–H and O–H groups in total. The van der Waals surface area contributed by atoms with Gasteiger partial charge >= 0.3 is 0 Å². The van der Waals surface area contributed by atoms with Crippen molar-refractivity contribution in [2.75, 3.05) is 6.54 Å². The van der Waals surface area contributed by atoms with Crippen molar-refractivity contribution < 1.29 is 14.7 Å². The molecule has 0 atom stereocenters. The summed E-state index contributed by atoms with van der Waals surface area (Å²) in [4.78, 5) is 26.1. The molecule has 174 valence electrons. The minimum absolute atomic E-state index is 0.0482. The zero-order valence-corrected chi connectivity index (χ0v) is 21.2. The number of hydrogen-bond acceptors (Lipinski definition) is 6. The van der Waals surface area contributed by atoms with Gasteiger partial charge in [0.1, 0.15) is 5.75 Å². The number of nitrogens with zero attached hydrogens (tertiary/aromatic N) is 1. The highest BCUT2D eigenvalue weighted by atomic mass is 35.5. The van der Waals surface area contributed by atoms with Crippen LogP contribution in [0.3, 0.4) is 0 Å². The van der Waals surface area contributed by atoms with E-state index in [1.807, 2.05) is 0 Å². The van der Waals surface area contributed by atoms with E-state index in [-0.39, 0.29) is 11.7 Å². The summed E-state index contributed by atoms with van der Waals surface area (Å²) in [5.74, 6) is -0.566. The maximum atomic E-state index is 12.5. The Morgan fingerprint density at radius 1 is 1.06 bits per heavy atom. The highest BCUT2D eigenvalue weighted by Crippen LogP contribution is 2.40. The molecule has 0 aliphatic heterocycles. The van der Waals surface area contributed by atoms with Crippen LogP contribution in [0.15, 0.2) is 40.8 Å². The van der Waals surface area contributed by atoms with Gasteiger partial charge in [-0.25, -0.2) is 5.43 Å². The van der Waals surface area contributed by atoms with Crippen LogP contribution in [0.4, 0.5) is 0 Å². The lowest BCUT2D eigenvalue weighted by Crippen LogP contribution is -2.23. The summed E-state index contributed by atoms with van der Waals surface area (Å²) in [7, 11) is 0. The van der Waals surface area contributed by atoms with E-state index < -0.39 is 5.91 Å². The molecule has 10 heteroatoms. The van der Waals surface area contributed by atoms with Crippen LogP contribution in [0.2, 0.25) is 10.0 Å². The van der Waals surface area contributed by atoms with Crippen molar-refractivity contribution in [1.82, 2.24) is 10.7 Å². The normalized spacial score (nSPS) is 11.5. The largest absolute Gasteiger partial charge is 0.506 e. The van der Waals surface area contributed by atoms with Crippen molar-refractivity contribution in [1.29, 1.82) is 0 Å². The number of rotatable bonds is 9. The zero-order chi connectivity index (χ0) is 24.0. The van der Waals surface area contributed by atoms with Crippen LogP contribution in [0, 0.1) is 0 Å². The van der Waals surface area contributed by atoms with E-state index in [1.165, 1.54) is 11.3 Å². The average Bonchev–Trinajstić information content (AvgIpc) is 3.44. The number of halogens is 2. The molecule has 3 rings (SSSR count). The number of thiophene rings is 2. The van der Waals surface area contributed by atoms with Gasteiger partial charge in [-0.3, -0.25) is 9.59 Å². The monoisotopic (exact) mass is 523 g/mol. The lowest BCUT2D eigenvalue weighted by molar-refractivity contribution is 0.0951. The van der Waals surface area contributed by atoms with E-state index in [2.05, 4.69) is 22.8 Å². The molecule has 0 saturated heterocycles. The molecular formula is C23H23Cl2N3O3S2. The first-order valence-corrected chi connectivity index (χ1v) is 12.8. The number of carbonyl (C=O) groups is 2. The number of amides is 2. The number of nitrogens with one attached hydrogen (secondary N) is 2. The predicted octanol–water partition coefficient (Wildman–Crippen LogP) is 6.56. The Morgan fingerprint density at radius 2 is 1.79 bits per heavy atom. The fourth-order valence-corrected chi connectivity index (χ4v) is 5.06. The van der Waals surface area contributed by atoms with Crippen LogP contribution in [0.25, 0.3) is 10.4 Å². The second-order valence-corrected chi connectivity index (χ2v) is 10.00. The van der Waals surface area contributed by atoms with Gasteiger partial charge in [-0.1, -0.05) is 49.0 Å². The fourth-order valence-electron chi connectivity index (χ4n) is 2.95. The molecule has 33 heavy (non-hydrogen) atoms. The second kappa shape index (κ2) is 11.7. The summed E-state index contributed by atoms with van der Waals surface area (Å²) in [6, 6.07) is 8.34. The van der Waals surface area contributed by atoms with E-state index in [1.54, 1.807) is 42.6 Å². The first-order valence-electron chi connectivity index (χ1n) is 10.3. The summed E-state index contributed by atoms with van der Waals surface area (Å²) in [6.45, 7) is 4.40. The molecule has 0 saturated carbocycles. The van der Waals surface area contributed by atoms with Crippen molar-refractivity contribution in [3.05, 3.63) is 61.1 Å². The smallest absolute Gasteiger partial charge is 0.281 e. The fraction of sp³-hybridized carbons (Fsp3) is 0.261. The molecule has 0 radical (unpaired) electrons. The minimum Gasteiger partial charge on any atom is -0.506 e. The van der Waals surface area contributed by atoms with Crippen LogP contribution < -0.4 is 10.7 Å². The molecule has 0 unspecified atom stereocenters. The number of hydrogen-bond donors (Lipinski definition) is 3. The lowest BCUT2D eigenvalue weighted by Gasteiger charge is -2.04. The topological polar surface area (TPSA) is 90.8 Å². The van der Waals surface area contributed by atoms with Crippen molar-refractivity contribution >= 4 is 63.4 Å². The van der Waals surface area contributed by atoms with E-state index in [4.69, 9.17) is 23.2 Å². The van der Waals surface area contributed by atoms with Crippen molar-refractivity contribution in [2.24, 2.45) is 5.10 Å². The minimum atomic E-state index is -0.427. The summed E-state index contributed by atoms with van der Waals surface area (Å²) in [5.41, 5.74) is 4.15. The Morgan fingerprint density at radius 3 is 2.48 bits per heavy atom. The number of carbonyl (C=O) groups excluding carboxylic acids is 2. The molecule has 0 fully saturated rings. The van der Waals surface area contributed by atoms with Gasteiger partial charge in [0.25, 0.3) is 11.8 Å². The van der Waals surface area contributed by atoms with Gasteiger partial charge < -0.3 is 10.4 Å². The van der Waals surface area contributed by atoms with Crippen LogP contribution in [0.5, 0.6) is 5.75 Å². The van der Waals surface area contributed by atoms with E-state index in [0.717, 1.165) is 36.2 Å². The molecule has 1 aromatic carbocycles. The Bertz CT molecular complexity index is 1190. The first-order chi connectivity index (χ1) is 15.8. The summed E-state index contributed by atoms with van der Waals surface area (Å²) in [6.07, 6.45) is 3.07. The van der Waals surface area contributed by atoms with E-state index in [0.29, 0.717) is 42.5 Å². The van der Waals surface area contributed by atoms with Crippen LogP contribution in [-0.2, 0) is 0 Å².